The minimum Gasteiger partial charge on any atom is -0.385 e. The first kappa shape index (κ1) is 4.30. The van der Waals surface area contributed by atoms with Gasteiger partial charge in [0.05, 0.1) is 0 Å². The molecule has 0 spiro atoms. The van der Waals surface area contributed by atoms with E-state index in [0.29, 0.717) is 5.65 Å². The summed E-state index contributed by atoms with van der Waals surface area (Å²) in [6.45, 7) is 0. The number of aromatic nitrogens is 4. The number of aromatic amines is 2. The zero-order valence-electron chi connectivity index (χ0n) is 4.21. The molecule has 46 valence electrons. The molecule has 9 heavy (non-hydrogen) atoms. The second-order valence-electron chi connectivity index (χ2n) is 1.51. The van der Waals surface area contributed by atoms with Crippen molar-refractivity contribution in [3.63, 3.8) is 0 Å². The van der Waals surface area contributed by atoms with E-state index < -0.39 is 5.76 Å². The Hall–Kier alpha value is -1.59. The van der Waals surface area contributed by atoms with Gasteiger partial charge in [-0.1, -0.05) is 10.3 Å². The number of nitrogens with zero attached hydrogens (tertiary/aromatic N) is 2. The van der Waals surface area contributed by atoms with Crippen LogP contribution in [-0.4, -0.2) is 20.4 Å². The lowest BCUT2D eigenvalue weighted by atomic mass is 10.8. The summed E-state index contributed by atoms with van der Waals surface area (Å²) in [6.07, 6.45) is 0. The molecule has 2 heterocycles. The Morgan fingerprint density at radius 2 is 2.44 bits per heavy atom. The van der Waals surface area contributed by atoms with Gasteiger partial charge in [0.2, 0.25) is 0 Å². The van der Waals surface area contributed by atoms with Gasteiger partial charge in [-0.15, -0.1) is 0 Å². The molecule has 2 rings (SSSR count). The van der Waals surface area contributed by atoms with Crippen LogP contribution in [0.15, 0.2) is 9.21 Å². The first-order valence-corrected chi connectivity index (χ1v) is 2.26. The van der Waals surface area contributed by atoms with E-state index >= 15 is 0 Å². The van der Waals surface area contributed by atoms with Crippen LogP contribution in [0, 0.1) is 0 Å². The molecule has 0 aliphatic heterocycles. The topological polar surface area (TPSA) is 87.6 Å². The molecule has 0 atom stereocenters. The molecule has 2 N–H and O–H groups in total. The molecular formula is C3H2N4O2. The highest BCUT2D eigenvalue weighted by atomic mass is 16.4. The summed E-state index contributed by atoms with van der Waals surface area (Å²) in [5, 5.41) is 9.23. The van der Waals surface area contributed by atoms with Crippen LogP contribution in [0.5, 0.6) is 0 Å². The van der Waals surface area contributed by atoms with Gasteiger partial charge in [0.25, 0.3) is 5.71 Å². The summed E-state index contributed by atoms with van der Waals surface area (Å²) in [5.74, 6) is -0.522. The number of H-pyrrole nitrogens is 2. The lowest BCUT2D eigenvalue weighted by Crippen LogP contribution is -1.94. The molecule has 0 amide bonds. The fourth-order valence-corrected chi connectivity index (χ4v) is 0.586. The number of rotatable bonds is 0. The van der Waals surface area contributed by atoms with Crippen molar-refractivity contribution in [2.24, 2.45) is 0 Å². The van der Waals surface area contributed by atoms with Gasteiger partial charge in [0.15, 0.2) is 5.65 Å². The Kier molecular flexibility index (Phi) is 0.583. The number of oxazole rings is 1. The molecule has 2 aromatic rings. The third-order valence-corrected chi connectivity index (χ3v) is 0.933. The third-order valence-electron chi connectivity index (χ3n) is 0.933. The van der Waals surface area contributed by atoms with Crippen molar-refractivity contribution in [1.29, 1.82) is 0 Å². The summed E-state index contributed by atoms with van der Waals surface area (Å²) in [7, 11) is 0. The number of hydrogen-bond acceptors (Lipinski definition) is 4. The Labute approximate surface area is 47.9 Å². The van der Waals surface area contributed by atoms with Crippen LogP contribution in [0.4, 0.5) is 0 Å². The Balaban J connectivity index is 3.08. The number of hydrogen-bond donors (Lipinski definition) is 2. The molecular weight excluding hydrogens is 124 g/mol. The molecule has 0 fully saturated rings. The molecule has 0 aliphatic carbocycles. The maximum atomic E-state index is 10.3. The van der Waals surface area contributed by atoms with Crippen molar-refractivity contribution in [2.75, 3.05) is 0 Å². The molecule has 0 saturated carbocycles. The standard InChI is InChI=1S/C3H2N4O2/c8-3-4-1-2(9-3)6-7-5-1/h(H2,4,5,6,7,8). The van der Waals surface area contributed by atoms with E-state index in [4.69, 9.17) is 0 Å². The van der Waals surface area contributed by atoms with Crippen molar-refractivity contribution in [3.05, 3.63) is 10.6 Å². The van der Waals surface area contributed by atoms with Gasteiger partial charge in [0, 0.05) is 0 Å². The average molecular weight is 126 g/mol. The lowest BCUT2D eigenvalue weighted by molar-refractivity contribution is 0.540. The smallest absolute Gasteiger partial charge is 0.385 e. The van der Waals surface area contributed by atoms with E-state index in [9.17, 15) is 4.79 Å². The first-order valence-electron chi connectivity index (χ1n) is 2.26. The number of fused-ring (bicyclic) bond motifs is 1. The van der Waals surface area contributed by atoms with E-state index in [1.165, 1.54) is 0 Å². The lowest BCUT2D eigenvalue weighted by Gasteiger charge is -1.60. The van der Waals surface area contributed by atoms with Gasteiger partial charge in [-0.3, -0.25) is 4.98 Å². The Morgan fingerprint density at radius 3 is 3.22 bits per heavy atom. The normalized spacial score (nSPS) is 10.7. The molecule has 0 radical (unpaired) electrons. The summed E-state index contributed by atoms with van der Waals surface area (Å²) >= 11 is 0. The minimum absolute atomic E-state index is 0.208. The predicted octanol–water partition coefficient (Wildman–Crippen LogP) is -0.761. The first-order chi connectivity index (χ1) is 4.36. The van der Waals surface area contributed by atoms with Gasteiger partial charge in [-0.25, -0.2) is 9.89 Å². The van der Waals surface area contributed by atoms with Crippen LogP contribution in [0.2, 0.25) is 0 Å². The van der Waals surface area contributed by atoms with Crippen molar-refractivity contribution in [1.82, 2.24) is 20.4 Å². The van der Waals surface area contributed by atoms with Gasteiger partial charge in [-0.05, 0) is 0 Å². The van der Waals surface area contributed by atoms with Gasteiger partial charge in [-0.2, -0.15) is 0 Å². The van der Waals surface area contributed by atoms with Crippen LogP contribution in [0.25, 0.3) is 11.4 Å². The molecule has 0 unspecified atom stereocenters. The fraction of sp³-hybridized carbons (Fsp3) is 0. The zero-order chi connectivity index (χ0) is 6.27. The van der Waals surface area contributed by atoms with E-state index in [1.54, 1.807) is 0 Å². The maximum absolute atomic E-state index is 10.3. The summed E-state index contributed by atoms with van der Waals surface area (Å²) in [5.41, 5.74) is 0.625. The van der Waals surface area contributed by atoms with Crippen LogP contribution >= 0.6 is 0 Å². The zero-order valence-corrected chi connectivity index (χ0v) is 4.21. The molecule has 6 heteroatoms. The highest BCUT2D eigenvalue weighted by Gasteiger charge is 2.00. The summed E-state index contributed by atoms with van der Waals surface area (Å²) in [4.78, 5) is 12.7. The maximum Gasteiger partial charge on any atom is 0.419 e. The molecule has 0 aromatic carbocycles. The van der Waals surface area contributed by atoms with Crippen LogP contribution < -0.4 is 5.76 Å². The quantitative estimate of drug-likeness (QED) is 0.485. The SMILES string of the molecule is O=c1[nH]c2[nH]nnc2o1. The highest BCUT2D eigenvalue weighted by Crippen LogP contribution is 1.96. The minimum atomic E-state index is -0.522. The van der Waals surface area contributed by atoms with E-state index in [2.05, 4.69) is 24.8 Å². The Morgan fingerprint density at radius 1 is 1.56 bits per heavy atom. The molecule has 2 aromatic heterocycles. The van der Waals surface area contributed by atoms with Crippen molar-refractivity contribution >= 4 is 11.4 Å². The summed E-state index contributed by atoms with van der Waals surface area (Å²) < 4.78 is 4.49. The van der Waals surface area contributed by atoms with Crippen molar-refractivity contribution < 1.29 is 4.42 Å². The molecule has 0 bridgehead atoms. The average Bonchev–Trinajstić information content (AvgIpc) is 2.22. The van der Waals surface area contributed by atoms with Gasteiger partial charge < -0.3 is 4.42 Å². The van der Waals surface area contributed by atoms with Crippen LogP contribution in [0.3, 0.4) is 0 Å². The highest BCUT2D eigenvalue weighted by molar-refractivity contribution is 5.59. The Bertz CT molecular complexity index is 336. The number of nitrogens with one attached hydrogen (secondary N) is 2. The van der Waals surface area contributed by atoms with E-state index in [1.807, 2.05) is 0 Å². The largest absolute Gasteiger partial charge is 0.419 e. The predicted molar refractivity (Wildman–Crippen MR) is 26.8 cm³/mol. The van der Waals surface area contributed by atoms with Crippen LogP contribution in [-0.2, 0) is 0 Å². The third kappa shape index (κ3) is 0.463. The fourth-order valence-electron chi connectivity index (χ4n) is 0.586. The molecule has 0 saturated heterocycles. The second-order valence-corrected chi connectivity index (χ2v) is 1.51. The van der Waals surface area contributed by atoms with Crippen LogP contribution in [0.1, 0.15) is 0 Å². The second kappa shape index (κ2) is 1.22. The monoisotopic (exact) mass is 126 g/mol. The van der Waals surface area contributed by atoms with E-state index in [-0.39, 0.29) is 5.71 Å². The molecule has 6 nitrogen and oxygen atoms in total. The summed E-state index contributed by atoms with van der Waals surface area (Å²) in [6, 6.07) is 0. The van der Waals surface area contributed by atoms with Gasteiger partial charge >= 0.3 is 5.76 Å². The van der Waals surface area contributed by atoms with Crippen molar-refractivity contribution in [3.8, 4) is 0 Å². The van der Waals surface area contributed by atoms with Gasteiger partial charge in [0.1, 0.15) is 0 Å². The van der Waals surface area contributed by atoms with Crippen molar-refractivity contribution in [2.45, 2.75) is 0 Å². The van der Waals surface area contributed by atoms with E-state index in [0.717, 1.165) is 0 Å². The molecule has 0 aliphatic rings.